The highest BCUT2D eigenvalue weighted by Gasteiger charge is 2.27. The molecule has 0 radical (unpaired) electrons. The van der Waals surface area contributed by atoms with E-state index in [1.807, 2.05) is 24.3 Å². The number of hydrogen-bond acceptors (Lipinski definition) is 3. The number of anilines is 1. The second-order valence-electron chi connectivity index (χ2n) is 7.53. The van der Waals surface area contributed by atoms with E-state index in [0.29, 0.717) is 17.6 Å². The van der Waals surface area contributed by atoms with Crippen LogP contribution in [-0.4, -0.2) is 40.7 Å². The van der Waals surface area contributed by atoms with Crippen molar-refractivity contribution in [2.75, 3.05) is 25.0 Å². The first-order chi connectivity index (χ1) is 14.5. The fourth-order valence-electron chi connectivity index (χ4n) is 3.96. The number of carbonyl (C=O) groups is 1. The Morgan fingerprint density at radius 1 is 1.13 bits per heavy atom. The highest BCUT2D eigenvalue weighted by Crippen LogP contribution is 2.35. The summed E-state index contributed by atoms with van der Waals surface area (Å²) in [5.74, 6) is -0.729. The van der Waals surface area contributed by atoms with Gasteiger partial charge < -0.3 is 15.7 Å². The van der Waals surface area contributed by atoms with Crippen LogP contribution >= 0.6 is 28.1 Å². The van der Waals surface area contributed by atoms with E-state index in [-0.39, 0.29) is 6.42 Å². The summed E-state index contributed by atoms with van der Waals surface area (Å²) < 4.78 is 1.03. The third-order valence-corrected chi connectivity index (χ3v) is 6.16. The molecule has 0 amide bonds. The van der Waals surface area contributed by atoms with E-state index < -0.39 is 5.97 Å². The molecule has 7 heteroatoms. The summed E-state index contributed by atoms with van der Waals surface area (Å²) in [5, 5.41) is 16.1. The van der Waals surface area contributed by atoms with Crippen molar-refractivity contribution in [3.8, 4) is 0 Å². The number of rotatable bonds is 10. The minimum atomic E-state index is -0.729. The molecule has 0 aromatic heterocycles. The molecule has 0 heterocycles. The minimum Gasteiger partial charge on any atom is -0.481 e. The Hall–Kier alpha value is -1.96. The van der Waals surface area contributed by atoms with Gasteiger partial charge in [0.05, 0.1) is 0 Å². The molecule has 1 aliphatic carbocycles. The molecule has 160 valence electrons. The maximum absolute atomic E-state index is 11.0. The van der Waals surface area contributed by atoms with Gasteiger partial charge in [0.1, 0.15) is 0 Å². The lowest BCUT2D eigenvalue weighted by Crippen LogP contribution is -2.34. The smallest absolute Gasteiger partial charge is 0.303 e. The molecule has 0 bridgehead atoms. The van der Waals surface area contributed by atoms with Gasteiger partial charge in [0, 0.05) is 35.7 Å². The SMILES string of the molecule is O=C(O)CCCN(CCCNC(=S)Nc1ccc(Br)cc1)[C@@H]1CCc2ccccc21. The Balaban J connectivity index is 1.49. The van der Waals surface area contributed by atoms with E-state index in [0.717, 1.165) is 49.1 Å². The fourth-order valence-corrected chi connectivity index (χ4v) is 4.45. The molecule has 2 aromatic carbocycles. The van der Waals surface area contributed by atoms with Crippen molar-refractivity contribution in [3.05, 3.63) is 64.1 Å². The maximum Gasteiger partial charge on any atom is 0.303 e. The van der Waals surface area contributed by atoms with Gasteiger partial charge in [-0.1, -0.05) is 40.2 Å². The van der Waals surface area contributed by atoms with Crippen LogP contribution in [0.15, 0.2) is 53.0 Å². The predicted molar refractivity (Wildman–Crippen MR) is 129 cm³/mol. The number of carboxylic acid groups (broad SMARTS) is 1. The van der Waals surface area contributed by atoms with Gasteiger partial charge in [-0.2, -0.15) is 0 Å². The number of aliphatic carboxylic acids is 1. The molecule has 3 rings (SSSR count). The van der Waals surface area contributed by atoms with Crippen LogP contribution in [0, 0.1) is 0 Å². The van der Waals surface area contributed by atoms with Gasteiger partial charge in [0.2, 0.25) is 0 Å². The monoisotopic (exact) mass is 489 g/mol. The lowest BCUT2D eigenvalue weighted by molar-refractivity contribution is -0.137. The second kappa shape index (κ2) is 11.4. The van der Waals surface area contributed by atoms with Crippen molar-refractivity contribution >= 4 is 44.9 Å². The molecule has 0 fully saturated rings. The maximum atomic E-state index is 11.0. The lowest BCUT2D eigenvalue weighted by atomic mass is 10.1. The Labute approximate surface area is 192 Å². The summed E-state index contributed by atoms with van der Waals surface area (Å²) in [5.41, 5.74) is 3.77. The molecule has 0 spiro atoms. The van der Waals surface area contributed by atoms with Crippen molar-refractivity contribution in [1.82, 2.24) is 10.2 Å². The predicted octanol–water partition coefficient (Wildman–Crippen LogP) is 4.98. The quantitative estimate of drug-likeness (QED) is 0.323. The largest absolute Gasteiger partial charge is 0.481 e. The van der Waals surface area contributed by atoms with E-state index in [9.17, 15) is 4.79 Å². The average molecular weight is 490 g/mol. The lowest BCUT2D eigenvalue weighted by Gasteiger charge is -2.29. The van der Waals surface area contributed by atoms with Gasteiger partial charge in [-0.15, -0.1) is 0 Å². The molecule has 0 aliphatic heterocycles. The summed E-state index contributed by atoms with van der Waals surface area (Å²) in [6, 6.07) is 16.9. The van der Waals surface area contributed by atoms with Gasteiger partial charge in [-0.3, -0.25) is 9.69 Å². The molecule has 0 saturated carbocycles. The number of hydrogen-bond donors (Lipinski definition) is 3. The second-order valence-corrected chi connectivity index (χ2v) is 8.85. The highest BCUT2D eigenvalue weighted by molar-refractivity contribution is 9.10. The number of carboxylic acids is 1. The van der Waals surface area contributed by atoms with Crippen molar-refractivity contribution in [1.29, 1.82) is 0 Å². The first kappa shape index (κ1) is 22.7. The zero-order chi connectivity index (χ0) is 21.3. The molecule has 1 aliphatic rings. The normalized spacial score (nSPS) is 15.1. The first-order valence-electron chi connectivity index (χ1n) is 10.4. The van der Waals surface area contributed by atoms with Crippen LogP contribution in [0.4, 0.5) is 5.69 Å². The molecule has 2 aromatic rings. The average Bonchev–Trinajstić information content (AvgIpc) is 3.15. The molecule has 0 saturated heterocycles. The minimum absolute atomic E-state index is 0.213. The van der Waals surface area contributed by atoms with Crippen LogP contribution in [0.25, 0.3) is 0 Å². The Kier molecular flexibility index (Phi) is 8.66. The Bertz CT molecular complexity index is 860. The zero-order valence-electron chi connectivity index (χ0n) is 16.9. The van der Waals surface area contributed by atoms with E-state index >= 15 is 0 Å². The summed E-state index contributed by atoms with van der Waals surface area (Å²) in [4.78, 5) is 13.4. The van der Waals surface area contributed by atoms with E-state index in [1.165, 1.54) is 11.1 Å². The molecular weight excluding hydrogens is 462 g/mol. The van der Waals surface area contributed by atoms with E-state index in [4.69, 9.17) is 17.3 Å². The molecule has 1 atom stereocenters. The summed E-state index contributed by atoms with van der Waals surface area (Å²) in [6.07, 6.45) is 4.02. The summed E-state index contributed by atoms with van der Waals surface area (Å²) in [7, 11) is 0. The number of thiocarbonyl (C=S) groups is 1. The van der Waals surface area contributed by atoms with E-state index in [1.54, 1.807) is 0 Å². The molecule has 30 heavy (non-hydrogen) atoms. The third-order valence-electron chi connectivity index (χ3n) is 5.39. The van der Waals surface area contributed by atoms with Crippen LogP contribution in [0.3, 0.4) is 0 Å². The number of halogens is 1. The Morgan fingerprint density at radius 3 is 2.63 bits per heavy atom. The van der Waals surface area contributed by atoms with Gasteiger partial charge in [0.25, 0.3) is 0 Å². The number of fused-ring (bicyclic) bond motifs is 1. The molecule has 3 N–H and O–H groups in total. The first-order valence-corrected chi connectivity index (χ1v) is 11.6. The van der Waals surface area contributed by atoms with Crippen LogP contribution in [0.5, 0.6) is 0 Å². The fraction of sp³-hybridized carbons (Fsp3) is 0.391. The van der Waals surface area contributed by atoms with Crippen molar-refractivity contribution < 1.29 is 9.90 Å². The number of nitrogens with one attached hydrogen (secondary N) is 2. The summed E-state index contributed by atoms with van der Waals surface area (Å²) >= 11 is 8.82. The zero-order valence-corrected chi connectivity index (χ0v) is 19.3. The van der Waals surface area contributed by atoms with Gasteiger partial charge in [-0.05, 0) is 79.8 Å². The topological polar surface area (TPSA) is 64.6 Å². The van der Waals surface area contributed by atoms with Crippen LogP contribution in [-0.2, 0) is 11.2 Å². The standard InChI is InChI=1S/C23H28BrN3O2S/c24-18-9-11-19(12-10-18)26-23(30)25-14-4-16-27(15-3-7-22(28)29)21-13-8-17-5-1-2-6-20(17)21/h1-2,5-6,9-12,21H,3-4,7-8,13-16H2,(H,28,29)(H2,25,26,30)/t21-/m1/s1. The number of benzene rings is 2. The van der Waals surface area contributed by atoms with Crippen molar-refractivity contribution in [3.63, 3.8) is 0 Å². The molecule has 5 nitrogen and oxygen atoms in total. The Morgan fingerprint density at radius 2 is 1.87 bits per heavy atom. The van der Waals surface area contributed by atoms with Gasteiger partial charge >= 0.3 is 5.97 Å². The van der Waals surface area contributed by atoms with E-state index in [2.05, 4.69) is 55.7 Å². The molecule has 0 unspecified atom stereocenters. The van der Waals surface area contributed by atoms with Gasteiger partial charge in [0.15, 0.2) is 5.11 Å². The van der Waals surface area contributed by atoms with Crippen molar-refractivity contribution in [2.45, 2.75) is 38.1 Å². The highest BCUT2D eigenvalue weighted by atomic mass is 79.9. The van der Waals surface area contributed by atoms with Crippen LogP contribution in [0.1, 0.15) is 42.9 Å². The van der Waals surface area contributed by atoms with Gasteiger partial charge in [-0.25, -0.2) is 0 Å². The number of nitrogens with zero attached hydrogens (tertiary/aromatic N) is 1. The summed E-state index contributed by atoms with van der Waals surface area (Å²) in [6.45, 7) is 2.48. The van der Waals surface area contributed by atoms with Crippen LogP contribution in [0.2, 0.25) is 0 Å². The van der Waals surface area contributed by atoms with Crippen LogP contribution < -0.4 is 10.6 Å². The third kappa shape index (κ3) is 6.79. The van der Waals surface area contributed by atoms with Crippen molar-refractivity contribution in [2.24, 2.45) is 0 Å². The molecular formula is C23H28BrN3O2S. The number of aryl methyl sites for hydroxylation is 1.